The fourth-order valence-electron chi connectivity index (χ4n) is 3.79. The topological polar surface area (TPSA) is 46.5 Å². The molecule has 0 saturated carbocycles. The smallest absolute Gasteiger partial charge is 0.314 e. The monoisotopic (exact) mass is 274 g/mol. The molecule has 2 aliphatic rings. The van der Waals surface area contributed by atoms with Gasteiger partial charge in [-0.15, -0.1) is 0 Å². The zero-order valence-corrected chi connectivity index (χ0v) is 11.8. The number of carboxylic acids is 1. The summed E-state index contributed by atoms with van der Waals surface area (Å²) < 4.78 is 5.66. The lowest BCUT2D eigenvalue weighted by molar-refractivity contribution is -0.145. The summed E-state index contributed by atoms with van der Waals surface area (Å²) in [5.74, 6) is -0.664. The molecule has 3 heteroatoms. The third-order valence-electron chi connectivity index (χ3n) is 4.91. The van der Waals surface area contributed by atoms with Crippen LogP contribution in [0.25, 0.3) is 0 Å². The first-order valence-electron chi connectivity index (χ1n) is 7.66. The lowest BCUT2D eigenvalue weighted by Crippen LogP contribution is -2.39. The summed E-state index contributed by atoms with van der Waals surface area (Å²) in [6.45, 7) is 0.835. The van der Waals surface area contributed by atoms with Crippen molar-refractivity contribution in [1.29, 1.82) is 0 Å². The Hall–Kier alpha value is -1.35. The fourth-order valence-corrected chi connectivity index (χ4v) is 3.79. The number of carbonyl (C=O) groups is 1. The van der Waals surface area contributed by atoms with Gasteiger partial charge in [-0.3, -0.25) is 4.79 Å². The van der Waals surface area contributed by atoms with Crippen molar-refractivity contribution in [1.82, 2.24) is 0 Å². The van der Waals surface area contributed by atoms with E-state index in [1.807, 2.05) is 18.2 Å². The van der Waals surface area contributed by atoms with Crippen LogP contribution >= 0.6 is 0 Å². The maximum Gasteiger partial charge on any atom is 0.314 e. The Labute approximate surface area is 120 Å². The van der Waals surface area contributed by atoms with Gasteiger partial charge in [-0.25, -0.2) is 0 Å². The SMILES string of the molecule is O=C(O)C1(CCC2CCCO2)CCCc2ccccc21. The number of aryl methyl sites for hydroxylation is 1. The second-order valence-corrected chi connectivity index (χ2v) is 6.07. The van der Waals surface area contributed by atoms with Crippen LogP contribution in [0.1, 0.15) is 49.7 Å². The molecule has 2 atom stereocenters. The summed E-state index contributed by atoms with van der Waals surface area (Å²) in [5.41, 5.74) is 1.56. The van der Waals surface area contributed by atoms with E-state index >= 15 is 0 Å². The molecule has 1 aromatic carbocycles. The average molecular weight is 274 g/mol. The predicted octanol–water partition coefficient (Wildman–Crippen LogP) is 3.30. The quantitative estimate of drug-likeness (QED) is 0.916. The van der Waals surface area contributed by atoms with Crippen LogP contribution in [0.4, 0.5) is 0 Å². The molecular weight excluding hydrogens is 252 g/mol. The minimum absolute atomic E-state index is 0.264. The maximum absolute atomic E-state index is 12.0. The Morgan fingerprint density at radius 2 is 2.20 bits per heavy atom. The van der Waals surface area contributed by atoms with Gasteiger partial charge in [-0.05, 0) is 56.1 Å². The summed E-state index contributed by atoms with van der Waals surface area (Å²) in [6, 6.07) is 8.07. The second kappa shape index (κ2) is 5.57. The van der Waals surface area contributed by atoms with E-state index in [0.717, 1.165) is 50.7 Å². The first-order chi connectivity index (χ1) is 9.72. The van der Waals surface area contributed by atoms with Crippen LogP contribution in [0.3, 0.4) is 0 Å². The largest absolute Gasteiger partial charge is 0.481 e. The Balaban J connectivity index is 1.86. The van der Waals surface area contributed by atoms with Crippen molar-refractivity contribution in [3.63, 3.8) is 0 Å². The van der Waals surface area contributed by atoms with Crippen LogP contribution in [0.15, 0.2) is 24.3 Å². The second-order valence-electron chi connectivity index (χ2n) is 6.07. The first kappa shape index (κ1) is 13.6. The van der Waals surface area contributed by atoms with Crippen LogP contribution in [0.2, 0.25) is 0 Å². The number of aliphatic carboxylic acids is 1. The molecule has 3 nitrogen and oxygen atoms in total. The molecule has 20 heavy (non-hydrogen) atoms. The molecule has 1 aromatic rings. The average Bonchev–Trinajstić information content (AvgIpc) is 2.98. The molecule has 1 N–H and O–H groups in total. The van der Waals surface area contributed by atoms with E-state index in [1.54, 1.807) is 0 Å². The molecule has 1 aliphatic heterocycles. The van der Waals surface area contributed by atoms with Crippen molar-refractivity contribution in [2.75, 3.05) is 6.61 Å². The Kier molecular flexibility index (Phi) is 3.79. The van der Waals surface area contributed by atoms with Gasteiger partial charge >= 0.3 is 5.97 Å². The molecular formula is C17H22O3. The van der Waals surface area contributed by atoms with Gasteiger partial charge in [0.2, 0.25) is 0 Å². The predicted molar refractivity (Wildman–Crippen MR) is 76.9 cm³/mol. The van der Waals surface area contributed by atoms with E-state index in [4.69, 9.17) is 4.74 Å². The molecule has 0 bridgehead atoms. The molecule has 1 heterocycles. The Morgan fingerprint density at radius 3 is 2.95 bits per heavy atom. The van der Waals surface area contributed by atoms with Gasteiger partial charge in [-0.1, -0.05) is 24.3 Å². The van der Waals surface area contributed by atoms with Gasteiger partial charge in [0.1, 0.15) is 0 Å². The number of fused-ring (bicyclic) bond motifs is 1. The van der Waals surface area contributed by atoms with Crippen LogP contribution in [-0.4, -0.2) is 23.8 Å². The normalized spacial score (nSPS) is 29.1. The molecule has 0 spiro atoms. The van der Waals surface area contributed by atoms with Crippen LogP contribution in [0.5, 0.6) is 0 Å². The van der Waals surface area contributed by atoms with Crippen molar-refractivity contribution >= 4 is 5.97 Å². The molecule has 0 radical (unpaired) electrons. The number of carboxylic acid groups (broad SMARTS) is 1. The lowest BCUT2D eigenvalue weighted by atomic mass is 9.67. The third kappa shape index (κ3) is 2.35. The van der Waals surface area contributed by atoms with E-state index in [0.29, 0.717) is 6.42 Å². The molecule has 3 rings (SSSR count). The zero-order chi connectivity index (χ0) is 14.0. The van der Waals surface area contributed by atoms with Gasteiger partial charge in [-0.2, -0.15) is 0 Å². The highest BCUT2D eigenvalue weighted by Crippen LogP contribution is 2.42. The molecule has 0 aromatic heterocycles. The summed E-state index contributed by atoms with van der Waals surface area (Å²) in [6.07, 6.45) is 6.75. The number of ether oxygens (including phenoxy) is 1. The van der Waals surface area contributed by atoms with Crippen LogP contribution in [-0.2, 0) is 21.4 Å². The van der Waals surface area contributed by atoms with Gasteiger partial charge in [0.15, 0.2) is 0 Å². The molecule has 0 amide bonds. The lowest BCUT2D eigenvalue weighted by Gasteiger charge is -2.36. The zero-order valence-electron chi connectivity index (χ0n) is 11.8. The van der Waals surface area contributed by atoms with E-state index in [2.05, 4.69) is 6.07 Å². The Morgan fingerprint density at radius 1 is 1.35 bits per heavy atom. The highest BCUT2D eigenvalue weighted by molar-refractivity contribution is 5.82. The highest BCUT2D eigenvalue weighted by atomic mass is 16.5. The number of rotatable bonds is 4. The third-order valence-corrected chi connectivity index (χ3v) is 4.91. The molecule has 1 saturated heterocycles. The minimum atomic E-state index is -0.694. The maximum atomic E-state index is 12.0. The van der Waals surface area contributed by atoms with E-state index < -0.39 is 11.4 Å². The van der Waals surface area contributed by atoms with Crippen molar-refractivity contribution in [3.8, 4) is 0 Å². The summed E-state index contributed by atoms with van der Waals surface area (Å²) >= 11 is 0. The number of hydrogen-bond acceptors (Lipinski definition) is 2. The van der Waals surface area contributed by atoms with Crippen molar-refractivity contribution in [2.45, 2.75) is 56.5 Å². The fraction of sp³-hybridized carbons (Fsp3) is 0.588. The summed E-state index contributed by atoms with van der Waals surface area (Å²) in [5, 5.41) is 9.87. The van der Waals surface area contributed by atoms with Gasteiger partial charge in [0, 0.05) is 6.61 Å². The van der Waals surface area contributed by atoms with E-state index in [-0.39, 0.29) is 6.10 Å². The van der Waals surface area contributed by atoms with Crippen molar-refractivity contribution < 1.29 is 14.6 Å². The van der Waals surface area contributed by atoms with Gasteiger partial charge in [0.25, 0.3) is 0 Å². The molecule has 108 valence electrons. The number of benzene rings is 1. The summed E-state index contributed by atoms with van der Waals surface area (Å²) in [4.78, 5) is 12.0. The minimum Gasteiger partial charge on any atom is -0.481 e. The van der Waals surface area contributed by atoms with E-state index in [1.165, 1.54) is 5.56 Å². The van der Waals surface area contributed by atoms with Crippen LogP contribution < -0.4 is 0 Å². The molecule has 2 unspecified atom stereocenters. The molecule has 1 fully saturated rings. The molecule has 1 aliphatic carbocycles. The van der Waals surface area contributed by atoms with E-state index in [9.17, 15) is 9.90 Å². The Bertz CT molecular complexity index is 491. The highest BCUT2D eigenvalue weighted by Gasteiger charge is 2.43. The van der Waals surface area contributed by atoms with Crippen LogP contribution in [0, 0.1) is 0 Å². The first-order valence-corrected chi connectivity index (χ1v) is 7.66. The summed E-state index contributed by atoms with van der Waals surface area (Å²) in [7, 11) is 0. The van der Waals surface area contributed by atoms with Gasteiger partial charge < -0.3 is 9.84 Å². The number of hydrogen-bond donors (Lipinski definition) is 1. The van der Waals surface area contributed by atoms with Gasteiger partial charge in [0.05, 0.1) is 11.5 Å². The standard InChI is InChI=1S/C17H22O3/c18-16(19)17(11-9-14-7-4-12-20-14)10-3-6-13-5-1-2-8-15(13)17/h1-2,5,8,14H,3-4,6-7,9-12H2,(H,18,19). The van der Waals surface area contributed by atoms with Crippen molar-refractivity contribution in [3.05, 3.63) is 35.4 Å². The van der Waals surface area contributed by atoms with Crippen molar-refractivity contribution in [2.24, 2.45) is 0 Å².